The van der Waals surface area contributed by atoms with Crippen LogP contribution in [0.4, 0.5) is 4.39 Å². The quantitative estimate of drug-likeness (QED) is 0.421. The lowest BCUT2D eigenvalue weighted by molar-refractivity contribution is -0.137. The molecule has 2 aliphatic carbocycles. The highest BCUT2D eigenvalue weighted by Gasteiger charge is 2.58. The summed E-state index contributed by atoms with van der Waals surface area (Å²) in [5.74, 6) is 0.825. The second-order valence-electron chi connectivity index (χ2n) is 8.43. The van der Waals surface area contributed by atoms with Crippen molar-refractivity contribution in [2.75, 3.05) is 0 Å². The first-order valence-electron chi connectivity index (χ1n) is 10.6. The minimum Gasteiger partial charge on any atom is -0.487 e. The predicted octanol–water partition coefficient (Wildman–Crippen LogP) is 5.13. The smallest absolute Gasteiger partial charge is 0.303 e. The van der Waals surface area contributed by atoms with Gasteiger partial charge in [-0.2, -0.15) is 0 Å². The lowest BCUT2D eigenvalue weighted by Crippen LogP contribution is -2.41. The van der Waals surface area contributed by atoms with Crippen molar-refractivity contribution < 1.29 is 24.1 Å². The predicted molar refractivity (Wildman–Crippen MR) is 110 cm³/mol. The number of fused-ring (bicyclic) bond motifs is 2. The number of unbranched alkanes of at least 4 members (excludes halogenated alkanes) is 1. The first-order chi connectivity index (χ1) is 13.9. The van der Waals surface area contributed by atoms with E-state index in [2.05, 4.69) is 18.2 Å². The Bertz CT molecular complexity index is 740. The molecule has 0 saturated heterocycles. The Morgan fingerprint density at radius 1 is 1.34 bits per heavy atom. The van der Waals surface area contributed by atoms with Crippen LogP contribution in [-0.4, -0.2) is 27.9 Å². The average molecular weight is 403 g/mol. The van der Waals surface area contributed by atoms with Gasteiger partial charge >= 0.3 is 5.97 Å². The Morgan fingerprint density at radius 3 is 2.79 bits per heavy atom. The number of rotatable bonds is 10. The number of aliphatic hydroxyl groups is 1. The SMILES string of the molecule is CC(O)/C=C/C1C(C/C=C/CCCC(=O)O)C2CCC1(Oc1ccc(F)cc1)C2. The Balaban J connectivity index is 1.70. The van der Waals surface area contributed by atoms with Crippen molar-refractivity contribution in [3.63, 3.8) is 0 Å². The van der Waals surface area contributed by atoms with E-state index in [0.29, 0.717) is 24.0 Å². The highest BCUT2D eigenvalue weighted by molar-refractivity contribution is 5.66. The number of allylic oxidation sites excluding steroid dienone is 2. The summed E-state index contributed by atoms with van der Waals surface area (Å²) in [5.41, 5.74) is -0.310. The molecule has 0 amide bonds. The molecule has 158 valence electrons. The molecule has 0 heterocycles. The standard InChI is InChI=1S/C24H31FO4/c1-17(26)8-13-22-21(6-4-2-3-5-7-23(27)28)18-14-15-24(22,16-18)29-20-11-9-19(25)10-12-20/h2,4,8-13,17-18,21-22,26H,3,5-7,14-16H2,1H3,(H,27,28)/b4-2+,13-8+. The van der Waals surface area contributed by atoms with E-state index in [4.69, 9.17) is 9.84 Å². The molecule has 2 N–H and O–H groups in total. The summed E-state index contributed by atoms with van der Waals surface area (Å²) in [6.45, 7) is 1.74. The van der Waals surface area contributed by atoms with Gasteiger partial charge in [0.25, 0.3) is 0 Å². The number of carbonyl (C=O) groups is 1. The molecule has 2 bridgehead atoms. The van der Waals surface area contributed by atoms with Crippen molar-refractivity contribution in [2.45, 2.75) is 63.6 Å². The topological polar surface area (TPSA) is 66.8 Å². The number of halogens is 1. The number of carboxylic acid groups (broad SMARTS) is 1. The van der Waals surface area contributed by atoms with Crippen molar-refractivity contribution in [2.24, 2.45) is 17.8 Å². The summed E-state index contributed by atoms with van der Waals surface area (Å²) >= 11 is 0. The van der Waals surface area contributed by atoms with Gasteiger partial charge in [0, 0.05) is 12.3 Å². The van der Waals surface area contributed by atoms with Gasteiger partial charge in [0.2, 0.25) is 0 Å². The molecule has 1 aromatic rings. The van der Waals surface area contributed by atoms with Gasteiger partial charge < -0.3 is 14.9 Å². The molecule has 5 unspecified atom stereocenters. The normalized spacial score (nSPS) is 29.7. The minimum absolute atomic E-state index is 0.185. The van der Waals surface area contributed by atoms with E-state index >= 15 is 0 Å². The summed E-state index contributed by atoms with van der Waals surface area (Å²) in [6.07, 6.45) is 13.3. The third-order valence-corrected chi connectivity index (χ3v) is 6.29. The fourth-order valence-corrected chi connectivity index (χ4v) is 5.01. The molecule has 2 aliphatic rings. The van der Waals surface area contributed by atoms with Gasteiger partial charge in [0.15, 0.2) is 0 Å². The largest absolute Gasteiger partial charge is 0.487 e. The maximum atomic E-state index is 13.3. The number of benzene rings is 1. The van der Waals surface area contributed by atoms with Gasteiger partial charge in [0.1, 0.15) is 17.2 Å². The molecule has 5 heteroatoms. The van der Waals surface area contributed by atoms with Gasteiger partial charge in [-0.15, -0.1) is 0 Å². The first-order valence-corrected chi connectivity index (χ1v) is 10.6. The molecule has 2 fully saturated rings. The minimum atomic E-state index is -0.755. The fraction of sp³-hybridized carbons (Fsp3) is 0.542. The molecule has 29 heavy (non-hydrogen) atoms. The molecular weight excluding hydrogens is 371 g/mol. The van der Waals surface area contributed by atoms with Gasteiger partial charge in [0.05, 0.1) is 6.10 Å². The molecular formula is C24H31FO4. The first kappa shape index (κ1) is 21.6. The highest BCUT2D eigenvalue weighted by Crippen LogP contribution is 2.58. The number of carboxylic acids is 1. The molecule has 2 saturated carbocycles. The van der Waals surface area contributed by atoms with Crippen LogP contribution < -0.4 is 4.74 Å². The van der Waals surface area contributed by atoms with Crippen LogP contribution in [0.1, 0.15) is 51.9 Å². The van der Waals surface area contributed by atoms with Crippen LogP contribution in [0.3, 0.4) is 0 Å². The zero-order chi connectivity index (χ0) is 20.9. The van der Waals surface area contributed by atoms with Crippen LogP contribution in [0.15, 0.2) is 48.6 Å². The van der Waals surface area contributed by atoms with Crippen LogP contribution in [-0.2, 0) is 4.79 Å². The van der Waals surface area contributed by atoms with Gasteiger partial charge in [-0.25, -0.2) is 4.39 Å². The van der Waals surface area contributed by atoms with Gasteiger partial charge in [-0.3, -0.25) is 4.79 Å². The Hall–Kier alpha value is -2.14. The van der Waals surface area contributed by atoms with Crippen LogP contribution in [0.25, 0.3) is 0 Å². The van der Waals surface area contributed by atoms with Crippen molar-refractivity contribution >= 4 is 5.97 Å². The van der Waals surface area contributed by atoms with E-state index in [9.17, 15) is 14.3 Å². The van der Waals surface area contributed by atoms with Gasteiger partial charge in [-0.05, 0) is 81.5 Å². The Morgan fingerprint density at radius 2 is 2.10 bits per heavy atom. The Kier molecular flexibility index (Phi) is 7.12. The third-order valence-electron chi connectivity index (χ3n) is 6.29. The second kappa shape index (κ2) is 9.57. The van der Waals surface area contributed by atoms with E-state index in [1.165, 1.54) is 12.1 Å². The molecule has 0 radical (unpaired) electrons. The fourth-order valence-electron chi connectivity index (χ4n) is 5.01. The summed E-state index contributed by atoms with van der Waals surface area (Å²) < 4.78 is 19.7. The summed E-state index contributed by atoms with van der Waals surface area (Å²) in [4.78, 5) is 10.6. The molecule has 1 aromatic carbocycles. The van der Waals surface area contributed by atoms with Crippen LogP contribution in [0, 0.1) is 23.6 Å². The molecule has 4 nitrogen and oxygen atoms in total. The molecule has 0 aromatic heterocycles. The van der Waals surface area contributed by atoms with E-state index < -0.39 is 12.1 Å². The molecule has 5 atom stereocenters. The number of hydrogen-bond acceptors (Lipinski definition) is 3. The molecule has 0 aliphatic heterocycles. The Labute approximate surface area is 172 Å². The highest BCUT2D eigenvalue weighted by atomic mass is 19.1. The summed E-state index contributed by atoms with van der Waals surface area (Å²) in [5, 5.41) is 18.5. The van der Waals surface area contributed by atoms with Crippen molar-refractivity contribution in [3.8, 4) is 5.75 Å². The molecule has 3 rings (SSSR count). The lowest BCUT2D eigenvalue weighted by atomic mass is 9.75. The monoisotopic (exact) mass is 402 g/mol. The zero-order valence-corrected chi connectivity index (χ0v) is 17.0. The second-order valence-corrected chi connectivity index (χ2v) is 8.43. The number of ether oxygens (including phenoxy) is 1. The van der Waals surface area contributed by atoms with E-state index in [1.54, 1.807) is 19.1 Å². The molecule has 0 spiro atoms. The van der Waals surface area contributed by atoms with E-state index in [-0.39, 0.29) is 23.8 Å². The third kappa shape index (κ3) is 5.47. The van der Waals surface area contributed by atoms with Gasteiger partial charge in [-0.1, -0.05) is 24.3 Å². The van der Waals surface area contributed by atoms with Crippen LogP contribution >= 0.6 is 0 Å². The number of aliphatic hydroxyl groups excluding tert-OH is 1. The lowest BCUT2D eigenvalue weighted by Gasteiger charge is -2.38. The zero-order valence-electron chi connectivity index (χ0n) is 17.0. The average Bonchev–Trinajstić information content (AvgIpc) is 3.20. The van der Waals surface area contributed by atoms with E-state index in [1.807, 2.05) is 6.08 Å². The van der Waals surface area contributed by atoms with Crippen molar-refractivity contribution in [1.82, 2.24) is 0 Å². The van der Waals surface area contributed by atoms with Crippen molar-refractivity contribution in [3.05, 3.63) is 54.4 Å². The number of aliphatic carboxylic acids is 1. The van der Waals surface area contributed by atoms with E-state index in [0.717, 1.165) is 32.1 Å². The summed E-state index contributed by atoms with van der Waals surface area (Å²) in [7, 11) is 0. The maximum absolute atomic E-state index is 13.3. The van der Waals surface area contributed by atoms with Crippen LogP contribution in [0.2, 0.25) is 0 Å². The summed E-state index contributed by atoms with van der Waals surface area (Å²) in [6, 6.07) is 6.21. The number of hydrogen-bond donors (Lipinski definition) is 2. The van der Waals surface area contributed by atoms with Crippen LogP contribution in [0.5, 0.6) is 5.75 Å². The van der Waals surface area contributed by atoms with Crippen molar-refractivity contribution in [1.29, 1.82) is 0 Å². The maximum Gasteiger partial charge on any atom is 0.303 e.